The summed E-state index contributed by atoms with van der Waals surface area (Å²) in [6.45, 7) is 21.3. The Morgan fingerprint density at radius 1 is 0.986 bits per heavy atom. The number of aromatic nitrogens is 3. The van der Waals surface area contributed by atoms with E-state index >= 15 is 13.2 Å². The number of ether oxygens (including phenoxy) is 6. The number of pyridine rings is 1. The fraction of sp³-hybridized carbons (Fsp3) is 0.623. The third-order valence-electron chi connectivity index (χ3n) is 15.5. The quantitative estimate of drug-likeness (QED) is 0.0996. The van der Waals surface area contributed by atoms with E-state index in [1.54, 1.807) is 24.4 Å². The molecule has 2 aromatic heterocycles. The van der Waals surface area contributed by atoms with E-state index in [2.05, 4.69) is 62.8 Å². The fourth-order valence-corrected chi connectivity index (χ4v) is 17.8. The first kappa shape index (κ1) is 50.2. The van der Waals surface area contributed by atoms with Gasteiger partial charge >= 0.3 is 12.1 Å². The van der Waals surface area contributed by atoms with Crippen LogP contribution in [0, 0.1) is 23.1 Å². The molecule has 1 amide bonds. The van der Waals surface area contributed by atoms with Crippen molar-refractivity contribution in [2.75, 3.05) is 71.4 Å². The second kappa shape index (κ2) is 19.4. The van der Waals surface area contributed by atoms with Gasteiger partial charge in [-0.15, -0.1) is 5.54 Å². The number of carbonyl (C=O) groups is 1. The van der Waals surface area contributed by atoms with Crippen LogP contribution in [0.5, 0.6) is 11.8 Å². The second-order valence-corrected chi connectivity index (χ2v) is 27.8. The molecule has 0 unspecified atom stereocenters. The minimum Gasteiger partial charge on any atom is -0.468 e. The van der Waals surface area contributed by atoms with Gasteiger partial charge < -0.3 is 33.3 Å². The fourth-order valence-electron chi connectivity index (χ4n) is 12.6. The molecule has 0 aliphatic carbocycles. The smallest absolute Gasteiger partial charge is 0.411 e. The van der Waals surface area contributed by atoms with Gasteiger partial charge in [0, 0.05) is 70.1 Å². The Bertz CT molecular complexity index is 2670. The zero-order valence-corrected chi connectivity index (χ0v) is 43.4. The molecule has 2 spiro atoms. The molecule has 0 N–H and O–H groups in total. The number of fused-ring (bicyclic) bond motifs is 9. The van der Waals surface area contributed by atoms with Crippen LogP contribution < -0.4 is 14.4 Å². The first-order valence-corrected chi connectivity index (χ1v) is 27.3. The van der Waals surface area contributed by atoms with Crippen LogP contribution in [-0.4, -0.2) is 140 Å². The Balaban J connectivity index is 1.23. The number of amides is 1. The van der Waals surface area contributed by atoms with Crippen LogP contribution in [0.1, 0.15) is 100.0 Å². The normalized spacial score (nSPS) is 25.3. The van der Waals surface area contributed by atoms with Crippen molar-refractivity contribution in [3.8, 4) is 34.5 Å². The van der Waals surface area contributed by atoms with Gasteiger partial charge in [-0.25, -0.2) is 18.0 Å². The van der Waals surface area contributed by atoms with Gasteiger partial charge in [0.25, 0.3) is 0 Å². The minimum atomic E-state index is -2.36. The Kier molecular flexibility index (Phi) is 13.9. The molecule has 5 aliphatic rings. The second-order valence-electron chi connectivity index (χ2n) is 22.2. The van der Waals surface area contributed by atoms with Gasteiger partial charge in [-0.1, -0.05) is 53.5 Å². The van der Waals surface area contributed by atoms with Crippen LogP contribution in [0.4, 0.5) is 23.8 Å². The van der Waals surface area contributed by atoms with Crippen molar-refractivity contribution in [1.82, 2.24) is 24.8 Å². The Hall–Kier alpha value is -4.73. The maximum Gasteiger partial charge on any atom is 0.411 e. The van der Waals surface area contributed by atoms with E-state index in [4.69, 9.17) is 43.4 Å². The molecule has 5 atom stereocenters. The van der Waals surface area contributed by atoms with Crippen molar-refractivity contribution in [3.63, 3.8) is 0 Å². The number of alkyl halides is 1. The molecular formula is C53H69F3N6O7Si. The van der Waals surface area contributed by atoms with Crippen molar-refractivity contribution in [2.24, 2.45) is 0 Å². The highest BCUT2D eigenvalue weighted by Gasteiger charge is 2.56. The van der Waals surface area contributed by atoms with E-state index in [0.717, 1.165) is 0 Å². The number of halogens is 3. The molecule has 7 bridgehead atoms. The minimum absolute atomic E-state index is 0.0542. The summed E-state index contributed by atoms with van der Waals surface area (Å²) in [6, 6.07) is 6.06. The Morgan fingerprint density at radius 3 is 2.49 bits per heavy atom. The van der Waals surface area contributed by atoms with Gasteiger partial charge in [-0.2, -0.15) is 9.97 Å². The third kappa shape index (κ3) is 9.20. The lowest BCUT2D eigenvalue weighted by Crippen LogP contribution is -2.66. The highest BCUT2D eigenvalue weighted by Crippen LogP contribution is 2.47. The van der Waals surface area contributed by atoms with Crippen molar-refractivity contribution in [1.29, 1.82) is 0 Å². The summed E-state index contributed by atoms with van der Waals surface area (Å²) in [5.74, 6) is 2.76. The molecular weight excluding hydrogens is 918 g/mol. The van der Waals surface area contributed by atoms with Gasteiger partial charge in [0.2, 0.25) is 0 Å². The Labute approximate surface area is 411 Å². The molecule has 70 heavy (non-hydrogen) atoms. The van der Waals surface area contributed by atoms with Gasteiger partial charge in [-0.3, -0.25) is 14.8 Å². The van der Waals surface area contributed by atoms with Crippen molar-refractivity contribution < 1.29 is 46.4 Å². The maximum absolute atomic E-state index is 18.2. The van der Waals surface area contributed by atoms with Crippen molar-refractivity contribution in [2.45, 2.75) is 146 Å². The SMILES string of the molecule is COCOc1cc(-c2ncc3c4nc(nc3c2F)OC[C@]23C[C@@H](F)CN2C[C@@H](C3)OCCCOC[C@]23CC[C@H](CN4C2)N3C(=O)OC(C)(C)C)c2c(C#C[Si](C(C)C)(C(C)C)C(C)C)c(F)ccc2c1. The van der Waals surface area contributed by atoms with Gasteiger partial charge in [-0.05, 0) is 86.7 Å². The number of carbonyl (C=O) groups excluding carboxylic acids is 1. The van der Waals surface area contributed by atoms with Crippen LogP contribution in [0.3, 0.4) is 0 Å². The van der Waals surface area contributed by atoms with E-state index in [-0.39, 0.29) is 96.6 Å². The highest BCUT2D eigenvalue weighted by atomic mass is 28.3. The number of hydrogen-bond acceptors (Lipinski definition) is 12. The molecule has 0 radical (unpaired) electrons. The lowest BCUT2D eigenvalue weighted by molar-refractivity contribution is -0.0374. The molecule has 4 saturated heterocycles. The summed E-state index contributed by atoms with van der Waals surface area (Å²) in [5.41, 5.74) is 2.56. The first-order chi connectivity index (χ1) is 33.3. The predicted molar refractivity (Wildman–Crippen MR) is 266 cm³/mol. The molecule has 4 aromatic rings. The lowest BCUT2D eigenvalue weighted by Gasteiger charge is -2.49. The summed E-state index contributed by atoms with van der Waals surface area (Å²) in [6.07, 6.45) is 2.70. The number of benzene rings is 2. The number of rotatable bonds is 7. The van der Waals surface area contributed by atoms with Crippen LogP contribution in [0.25, 0.3) is 32.9 Å². The van der Waals surface area contributed by atoms with E-state index in [1.165, 1.54) is 13.2 Å². The zero-order chi connectivity index (χ0) is 49.9. The summed E-state index contributed by atoms with van der Waals surface area (Å²) in [4.78, 5) is 34.8. The van der Waals surface area contributed by atoms with Crippen LogP contribution in [0.2, 0.25) is 16.6 Å². The summed E-state index contributed by atoms with van der Waals surface area (Å²) >= 11 is 0. The molecule has 13 nitrogen and oxygen atoms in total. The molecule has 5 aliphatic heterocycles. The van der Waals surface area contributed by atoms with Gasteiger partial charge in [0.15, 0.2) is 12.6 Å². The zero-order valence-electron chi connectivity index (χ0n) is 42.4. The summed E-state index contributed by atoms with van der Waals surface area (Å²) < 4.78 is 86.6. The highest BCUT2D eigenvalue weighted by molar-refractivity contribution is 6.90. The number of nitrogens with zero attached hydrogens (tertiary/aromatic N) is 6. The standard InChI is InChI=1S/C53H69F3N6O7Si/c1-32(2)70(33(3)4,34(5)6)19-15-40-43(55)13-12-35-20-38(68-31-64-10)21-41(44(35)40)46-45(56)47-42(24-57-46)48-59-49(58-47)67-30-53-22-36(54)25-61(53)27-39(23-53)66-18-11-17-65-29-52-16-14-37(26-60(48)28-52)62(52)50(63)69-51(7,8)9/h12-13,20-21,24,32-34,36-37,39H,11,14,16-18,22-23,25-31H2,1-10H3/t36-,37-,39-,52+,53-/m1/s1. The average Bonchev–Trinajstić information content (AvgIpc) is 3.87. The van der Waals surface area contributed by atoms with E-state index in [0.29, 0.717) is 79.7 Å². The maximum atomic E-state index is 18.2. The van der Waals surface area contributed by atoms with Crippen LogP contribution in [-0.2, 0) is 18.9 Å². The first-order valence-electron chi connectivity index (χ1n) is 25.0. The van der Waals surface area contributed by atoms with Crippen molar-refractivity contribution in [3.05, 3.63) is 47.7 Å². The van der Waals surface area contributed by atoms with Crippen LogP contribution in [0.15, 0.2) is 30.5 Å². The van der Waals surface area contributed by atoms with Crippen LogP contribution >= 0.6 is 0 Å². The molecule has 7 heterocycles. The number of anilines is 1. The number of hydrogen-bond donors (Lipinski definition) is 0. The number of methoxy groups -OCH3 is 1. The molecule has 17 heteroatoms. The summed E-state index contributed by atoms with van der Waals surface area (Å²) in [7, 11) is -0.850. The van der Waals surface area contributed by atoms with Gasteiger partial charge in [0.05, 0.1) is 40.8 Å². The third-order valence-corrected chi connectivity index (χ3v) is 21.8. The topological polar surface area (TPSA) is 121 Å². The van der Waals surface area contributed by atoms with E-state index in [1.807, 2.05) is 25.7 Å². The Morgan fingerprint density at radius 2 is 1.76 bits per heavy atom. The molecule has 4 fully saturated rings. The molecule has 0 saturated carbocycles. The van der Waals surface area contributed by atoms with E-state index < -0.39 is 48.7 Å². The summed E-state index contributed by atoms with van der Waals surface area (Å²) in [5, 5.41) is 1.28. The molecule has 378 valence electrons. The predicted octanol–water partition coefficient (Wildman–Crippen LogP) is 10.0. The van der Waals surface area contributed by atoms with Crippen molar-refractivity contribution >= 4 is 41.7 Å². The monoisotopic (exact) mass is 986 g/mol. The van der Waals surface area contributed by atoms with E-state index in [9.17, 15) is 4.79 Å². The lowest BCUT2D eigenvalue weighted by atomic mass is 9.94. The largest absolute Gasteiger partial charge is 0.468 e. The van der Waals surface area contributed by atoms with Gasteiger partial charge in [0.1, 0.15) is 55.0 Å². The average molecular weight is 987 g/mol. The molecule has 9 rings (SSSR count). The molecule has 2 aromatic carbocycles. The number of piperazine rings is 1.